The van der Waals surface area contributed by atoms with E-state index in [4.69, 9.17) is 16.3 Å². The molecule has 23 heavy (non-hydrogen) atoms. The van der Waals surface area contributed by atoms with Crippen LogP contribution in [0.2, 0.25) is 5.02 Å². The standard InChI is InChI=1S/C17H16ClN3O2/c1-11-3-4-13(12-5-7-15(18)8-6-12)9-14(11)10-21-16(22)19-20-17(21)23-2/h3-9H,10H2,1-2H3,(H,19,22). The Balaban J connectivity index is 1.99. The Morgan fingerprint density at radius 1 is 1.17 bits per heavy atom. The molecule has 3 rings (SSSR count). The molecule has 1 heterocycles. The van der Waals surface area contributed by atoms with Crippen LogP contribution >= 0.6 is 11.6 Å². The van der Waals surface area contributed by atoms with Crippen LogP contribution in [0.3, 0.4) is 0 Å². The summed E-state index contributed by atoms with van der Waals surface area (Å²) in [6.07, 6.45) is 0. The van der Waals surface area contributed by atoms with Crippen LogP contribution in [0.5, 0.6) is 6.01 Å². The molecule has 0 aliphatic carbocycles. The second-order valence-electron chi connectivity index (χ2n) is 5.25. The smallest absolute Gasteiger partial charge is 0.346 e. The van der Waals surface area contributed by atoms with Crippen molar-refractivity contribution in [2.24, 2.45) is 0 Å². The summed E-state index contributed by atoms with van der Waals surface area (Å²) in [6.45, 7) is 2.41. The first-order valence-electron chi connectivity index (χ1n) is 7.13. The van der Waals surface area contributed by atoms with Crippen LogP contribution in [0.15, 0.2) is 47.3 Å². The monoisotopic (exact) mass is 329 g/mol. The van der Waals surface area contributed by atoms with Crippen molar-refractivity contribution in [2.75, 3.05) is 7.11 Å². The zero-order valence-electron chi connectivity index (χ0n) is 12.8. The molecule has 3 aromatic rings. The predicted molar refractivity (Wildman–Crippen MR) is 90.1 cm³/mol. The van der Waals surface area contributed by atoms with Gasteiger partial charge in [0.2, 0.25) is 0 Å². The minimum atomic E-state index is -0.293. The summed E-state index contributed by atoms with van der Waals surface area (Å²) in [5.41, 5.74) is 3.97. The number of aromatic amines is 1. The van der Waals surface area contributed by atoms with Gasteiger partial charge < -0.3 is 4.74 Å². The summed E-state index contributed by atoms with van der Waals surface area (Å²) in [6, 6.07) is 14.1. The molecule has 0 saturated heterocycles. The van der Waals surface area contributed by atoms with E-state index in [-0.39, 0.29) is 11.7 Å². The zero-order chi connectivity index (χ0) is 16.4. The van der Waals surface area contributed by atoms with Crippen LogP contribution < -0.4 is 10.4 Å². The Bertz CT molecular complexity index is 882. The number of aromatic nitrogens is 3. The quantitative estimate of drug-likeness (QED) is 0.799. The average Bonchev–Trinajstić information content (AvgIpc) is 2.90. The number of benzene rings is 2. The van der Waals surface area contributed by atoms with Crippen molar-refractivity contribution in [3.8, 4) is 17.1 Å². The van der Waals surface area contributed by atoms with Gasteiger partial charge in [0, 0.05) is 5.02 Å². The highest BCUT2D eigenvalue weighted by molar-refractivity contribution is 6.30. The molecule has 1 aromatic heterocycles. The van der Waals surface area contributed by atoms with Crippen molar-refractivity contribution in [1.82, 2.24) is 14.8 Å². The molecule has 0 amide bonds. The van der Waals surface area contributed by atoms with E-state index in [0.29, 0.717) is 11.6 Å². The third-order valence-corrected chi connectivity index (χ3v) is 4.01. The molecule has 6 heteroatoms. The molecule has 2 aromatic carbocycles. The van der Waals surface area contributed by atoms with Gasteiger partial charge in [0.25, 0.3) is 0 Å². The highest BCUT2D eigenvalue weighted by Crippen LogP contribution is 2.24. The van der Waals surface area contributed by atoms with Crippen molar-refractivity contribution in [3.05, 3.63) is 69.1 Å². The van der Waals surface area contributed by atoms with Crippen molar-refractivity contribution < 1.29 is 4.74 Å². The van der Waals surface area contributed by atoms with Gasteiger partial charge in [-0.05, 0) is 47.4 Å². The Morgan fingerprint density at radius 3 is 2.57 bits per heavy atom. The van der Waals surface area contributed by atoms with Gasteiger partial charge in [0.15, 0.2) is 0 Å². The van der Waals surface area contributed by atoms with Crippen molar-refractivity contribution in [1.29, 1.82) is 0 Å². The van der Waals surface area contributed by atoms with Crippen molar-refractivity contribution in [3.63, 3.8) is 0 Å². The lowest BCUT2D eigenvalue weighted by atomic mass is 10.00. The molecule has 0 aliphatic heterocycles. The summed E-state index contributed by atoms with van der Waals surface area (Å²) in [4.78, 5) is 11.9. The predicted octanol–water partition coefficient (Wildman–Crippen LogP) is 3.26. The molecule has 0 aliphatic rings. The average molecular weight is 330 g/mol. The van der Waals surface area contributed by atoms with E-state index in [1.165, 1.54) is 11.7 Å². The second-order valence-corrected chi connectivity index (χ2v) is 5.69. The largest absolute Gasteiger partial charge is 0.467 e. The van der Waals surface area contributed by atoms with Crippen molar-refractivity contribution >= 4 is 11.6 Å². The van der Waals surface area contributed by atoms with Gasteiger partial charge in [-0.2, -0.15) is 0 Å². The molecule has 0 unspecified atom stereocenters. The maximum absolute atomic E-state index is 11.9. The van der Waals surface area contributed by atoms with Crippen LogP contribution in [0.1, 0.15) is 11.1 Å². The molecular weight excluding hydrogens is 314 g/mol. The number of rotatable bonds is 4. The number of aryl methyl sites for hydroxylation is 1. The third kappa shape index (κ3) is 3.14. The van der Waals surface area contributed by atoms with E-state index in [9.17, 15) is 4.79 Å². The first kappa shape index (κ1) is 15.4. The van der Waals surface area contributed by atoms with E-state index in [0.717, 1.165) is 22.3 Å². The van der Waals surface area contributed by atoms with E-state index in [2.05, 4.69) is 22.3 Å². The number of nitrogens with one attached hydrogen (secondary N) is 1. The number of halogens is 1. The summed E-state index contributed by atoms with van der Waals surface area (Å²) in [5, 5.41) is 6.94. The highest BCUT2D eigenvalue weighted by atomic mass is 35.5. The van der Waals surface area contributed by atoms with Crippen LogP contribution in [-0.2, 0) is 6.54 Å². The molecular formula is C17H16ClN3O2. The van der Waals surface area contributed by atoms with Crippen LogP contribution in [0, 0.1) is 6.92 Å². The SMILES string of the molecule is COc1n[nH]c(=O)n1Cc1cc(-c2ccc(Cl)cc2)ccc1C. The number of hydrogen-bond donors (Lipinski definition) is 1. The van der Waals surface area contributed by atoms with Crippen molar-refractivity contribution in [2.45, 2.75) is 13.5 Å². The van der Waals surface area contributed by atoms with Gasteiger partial charge in [-0.1, -0.05) is 35.9 Å². The molecule has 1 N–H and O–H groups in total. The first-order valence-corrected chi connectivity index (χ1v) is 7.51. The van der Waals surface area contributed by atoms with Gasteiger partial charge in [-0.15, -0.1) is 5.10 Å². The van der Waals surface area contributed by atoms with Gasteiger partial charge in [0.05, 0.1) is 13.7 Å². The molecule has 0 spiro atoms. The fourth-order valence-corrected chi connectivity index (χ4v) is 2.56. The topological polar surface area (TPSA) is 59.9 Å². The molecule has 0 saturated carbocycles. The fraction of sp³-hybridized carbons (Fsp3) is 0.176. The minimum Gasteiger partial charge on any atom is -0.467 e. The third-order valence-electron chi connectivity index (χ3n) is 3.76. The molecule has 0 atom stereocenters. The fourth-order valence-electron chi connectivity index (χ4n) is 2.43. The Hall–Kier alpha value is -2.53. The van der Waals surface area contributed by atoms with Gasteiger partial charge in [0.1, 0.15) is 0 Å². The van der Waals surface area contributed by atoms with Gasteiger partial charge in [-0.3, -0.25) is 0 Å². The Kier molecular flexibility index (Phi) is 4.21. The molecule has 118 valence electrons. The van der Waals surface area contributed by atoms with E-state index < -0.39 is 0 Å². The lowest BCUT2D eigenvalue weighted by molar-refractivity contribution is 0.358. The lowest BCUT2D eigenvalue weighted by Crippen LogP contribution is -2.18. The summed E-state index contributed by atoms with van der Waals surface area (Å²) in [5.74, 6) is 0. The summed E-state index contributed by atoms with van der Waals surface area (Å²) >= 11 is 5.94. The Morgan fingerprint density at radius 2 is 1.87 bits per heavy atom. The maximum atomic E-state index is 11.9. The number of H-pyrrole nitrogens is 1. The highest BCUT2D eigenvalue weighted by Gasteiger charge is 2.11. The van der Waals surface area contributed by atoms with E-state index >= 15 is 0 Å². The van der Waals surface area contributed by atoms with Gasteiger partial charge >= 0.3 is 11.7 Å². The molecule has 0 radical (unpaired) electrons. The Labute approximate surface area is 138 Å². The summed E-state index contributed by atoms with van der Waals surface area (Å²) < 4.78 is 6.58. The van der Waals surface area contributed by atoms with Crippen LogP contribution in [-0.4, -0.2) is 21.9 Å². The maximum Gasteiger partial charge on any atom is 0.346 e. The molecule has 0 fully saturated rings. The number of nitrogens with zero attached hydrogens (tertiary/aromatic N) is 2. The van der Waals surface area contributed by atoms with Gasteiger partial charge in [-0.25, -0.2) is 14.5 Å². The van der Waals surface area contributed by atoms with Crippen LogP contribution in [0.25, 0.3) is 11.1 Å². The normalized spacial score (nSPS) is 10.7. The number of ether oxygens (including phenoxy) is 1. The second kappa shape index (κ2) is 6.30. The van der Waals surface area contributed by atoms with Crippen LogP contribution in [0.4, 0.5) is 0 Å². The minimum absolute atomic E-state index is 0.270. The number of methoxy groups -OCH3 is 1. The van der Waals surface area contributed by atoms with E-state index in [1.54, 1.807) is 0 Å². The zero-order valence-corrected chi connectivity index (χ0v) is 13.6. The molecule has 0 bridgehead atoms. The summed E-state index contributed by atoms with van der Waals surface area (Å²) in [7, 11) is 1.49. The lowest BCUT2D eigenvalue weighted by Gasteiger charge is -2.10. The van der Waals surface area contributed by atoms with E-state index in [1.807, 2.05) is 37.3 Å². The first-order chi connectivity index (χ1) is 11.1. The molecule has 5 nitrogen and oxygen atoms in total. The number of hydrogen-bond acceptors (Lipinski definition) is 3.